The molecule has 0 fully saturated rings. The first-order chi connectivity index (χ1) is 26.7. The van der Waals surface area contributed by atoms with Gasteiger partial charge in [0.15, 0.2) is 0 Å². The van der Waals surface area contributed by atoms with E-state index in [9.17, 15) is 0 Å². The van der Waals surface area contributed by atoms with E-state index >= 15 is 0 Å². The summed E-state index contributed by atoms with van der Waals surface area (Å²) in [6, 6.07) is 64.0. The number of fused-ring (bicyclic) bond motifs is 10. The highest BCUT2D eigenvalue weighted by atomic mass is 14.3. The van der Waals surface area contributed by atoms with Gasteiger partial charge in [0, 0.05) is 0 Å². The van der Waals surface area contributed by atoms with Crippen LogP contribution in [-0.4, -0.2) is 0 Å². The molecule has 0 saturated heterocycles. The number of rotatable bonds is 3. The highest BCUT2D eigenvalue weighted by Gasteiger charge is 2.27. The average Bonchev–Trinajstić information content (AvgIpc) is 3.72. The lowest BCUT2D eigenvalue weighted by Crippen LogP contribution is -1.91. The molecule has 54 heavy (non-hydrogen) atoms. The van der Waals surface area contributed by atoms with E-state index in [2.05, 4.69) is 184 Å². The van der Waals surface area contributed by atoms with E-state index in [1.807, 2.05) is 0 Å². The average molecular weight is 683 g/mol. The maximum absolute atomic E-state index is 2.53. The van der Waals surface area contributed by atoms with Crippen LogP contribution >= 0.6 is 0 Å². The zero-order valence-electron chi connectivity index (χ0n) is 30.2. The molecule has 12 aromatic rings. The van der Waals surface area contributed by atoms with Gasteiger partial charge in [-0.3, -0.25) is 0 Å². The summed E-state index contributed by atoms with van der Waals surface area (Å²) < 4.78 is 0. The summed E-state index contributed by atoms with van der Waals surface area (Å²) in [7, 11) is 0. The second kappa shape index (κ2) is 10.9. The Balaban J connectivity index is 1.36. The minimum absolute atomic E-state index is 1.25. The second-order valence-electron chi connectivity index (χ2n) is 15.2. The molecule has 0 amide bonds. The molecule has 0 aliphatic rings. The van der Waals surface area contributed by atoms with Crippen LogP contribution in [0.15, 0.2) is 170 Å². The Morgan fingerprint density at radius 2 is 0.759 bits per heavy atom. The second-order valence-corrected chi connectivity index (χ2v) is 15.2. The third kappa shape index (κ3) is 3.87. The van der Waals surface area contributed by atoms with Crippen molar-refractivity contribution < 1.29 is 0 Å². The van der Waals surface area contributed by atoms with Gasteiger partial charge in [-0.2, -0.15) is 0 Å². The normalized spacial score (nSPS) is 12.3. The molecule has 0 heteroatoms. The van der Waals surface area contributed by atoms with Crippen molar-refractivity contribution in [2.24, 2.45) is 0 Å². The Kier molecular flexibility index (Phi) is 6.00. The third-order valence-corrected chi connectivity index (χ3v) is 12.3. The third-order valence-electron chi connectivity index (χ3n) is 12.3. The minimum Gasteiger partial charge on any atom is -0.0622 e. The fourth-order valence-electron chi connectivity index (χ4n) is 10.2. The van der Waals surface area contributed by atoms with Gasteiger partial charge in [-0.25, -0.2) is 0 Å². The lowest BCUT2D eigenvalue weighted by Gasteiger charge is -2.19. The van der Waals surface area contributed by atoms with Gasteiger partial charge in [-0.1, -0.05) is 152 Å². The SMILES string of the molecule is Cc1cccc(C)c1-c1ccc2cc3c4c(-c5ccccc5)c5c(cc6c7ccccc7c7cccc5c76)c(-c5ccccc5)c4c4cccc(c2c1)c43. The molecule has 0 atom stereocenters. The van der Waals surface area contributed by atoms with Crippen molar-refractivity contribution in [1.29, 1.82) is 0 Å². The number of aryl methyl sites for hydroxylation is 2. The Morgan fingerprint density at radius 1 is 0.241 bits per heavy atom. The molecule has 0 aromatic heterocycles. The van der Waals surface area contributed by atoms with Crippen molar-refractivity contribution in [2.75, 3.05) is 0 Å². The van der Waals surface area contributed by atoms with Crippen LogP contribution in [0.25, 0.3) is 120 Å². The molecule has 12 aromatic carbocycles. The lowest BCUT2D eigenvalue weighted by molar-refractivity contribution is 1.38. The van der Waals surface area contributed by atoms with Crippen LogP contribution in [0, 0.1) is 13.8 Å². The van der Waals surface area contributed by atoms with E-state index in [0.717, 1.165) is 0 Å². The van der Waals surface area contributed by atoms with Gasteiger partial charge < -0.3 is 0 Å². The molecule has 0 saturated carbocycles. The van der Waals surface area contributed by atoms with Gasteiger partial charge in [-0.05, 0) is 163 Å². The number of hydrogen-bond donors (Lipinski definition) is 0. The maximum atomic E-state index is 2.53. The van der Waals surface area contributed by atoms with Gasteiger partial charge in [-0.15, -0.1) is 0 Å². The van der Waals surface area contributed by atoms with Crippen LogP contribution in [0.2, 0.25) is 0 Å². The van der Waals surface area contributed by atoms with Crippen LogP contribution in [-0.2, 0) is 0 Å². The molecular weight excluding hydrogens is 649 g/mol. The molecule has 0 aliphatic carbocycles. The molecule has 0 radical (unpaired) electrons. The Morgan fingerprint density at radius 3 is 1.46 bits per heavy atom. The topological polar surface area (TPSA) is 0 Å². The van der Waals surface area contributed by atoms with Crippen LogP contribution in [0.5, 0.6) is 0 Å². The van der Waals surface area contributed by atoms with Crippen LogP contribution in [0.1, 0.15) is 11.1 Å². The summed E-state index contributed by atoms with van der Waals surface area (Å²) in [5.41, 5.74) is 10.4. The number of benzene rings is 10. The predicted molar refractivity (Wildman–Crippen MR) is 235 cm³/mol. The quantitative estimate of drug-likeness (QED) is 0.163. The van der Waals surface area contributed by atoms with Crippen molar-refractivity contribution in [3.05, 3.63) is 181 Å². The molecule has 0 aliphatic heterocycles. The zero-order chi connectivity index (χ0) is 35.7. The lowest BCUT2D eigenvalue weighted by atomic mass is 9.84. The predicted octanol–water partition coefficient (Wildman–Crippen LogP) is 15.4. The Hall–Kier alpha value is -6.76. The van der Waals surface area contributed by atoms with E-state index in [-0.39, 0.29) is 0 Å². The molecule has 0 N–H and O–H groups in total. The Labute approximate surface area is 313 Å². The molecule has 0 unspecified atom stereocenters. The summed E-state index contributed by atoms with van der Waals surface area (Å²) in [5.74, 6) is 0. The molecule has 0 bridgehead atoms. The molecule has 0 spiro atoms. The summed E-state index contributed by atoms with van der Waals surface area (Å²) >= 11 is 0. The van der Waals surface area contributed by atoms with E-state index < -0.39 is 0 Å². The van der Waals surface area contributed by atoms with Gasteiger partial charge >= 0.3 is 0 Å². The van der Waals surface area contributed by atoms with Gasteiger partial charge in [0.05, 0.1) is 0 Å². The monoisotopic (exact) mass is 682 g/mol. The summed E-state index contributed by atoms with van der Waals surface area (Å²) in [4.78, 5) is 0. The van der Waals surface area contributed by atoms with Crippen molar-refractivity contribution in [2.45, 2.75) is 13.8 Å². The minimum atomic E-state index is 1.25. The van der Waals surface area contributed by atoms with Crippen LogP contribution < -0.4 is 0 Å². The van der Waals surface area contributed by atoms with E-state index in [4.69, 9.17) is 0 Å². The first-order valence-electron chi connectivity index (χ1n) is 19.0. The summed E-state index contributed by atoms with van der Waals surface area (Å²) in [6.45, 7) is 4.46. The summed E-state index contributed by atoms with van der Waals surface area (Å²) in [5, 5.41) is 21.2. The van der Waals surface area contributed by atoms with E-state index in [0.29, 0.717) is 0 Å². The van der Waals surface area contributed by atoms with Crippen LogP contribution in [0.4, 0.5) is 0 Å². The highest BCUT2D eigenvalue weighted by Crippen LogP contribution is 2.55. The molecule has 12 rings (SSSR count). The number of hydrogen-bond acceptors (Lipinski definition) is 0. The van der Waals surface area contributed by atoms with Crippen molar-refractivity contribution in [3.8, 4) is 33.4 Å². The van der Waals surface area contributed by atoms with Crippen molar-refractivity contribution in [3.63, 3.8) is 0 Å². The highest BCUT2D eigenvalue weighted by molar-refractivity contribution is 6.46. The first-order valence-corrected chi connectivity index (χ1v) is 19.0. The van der Waals surface area contributed by atoms with E-state index in [1.54, 1.807) is 0 Å². The fourth-order valence-corrected chi connectivity index (χ4v) is 10.2. The molecule has 0 nitrogen and oxygen atoms in total. The Bertz CT molecular complexity index is 3460. The fraction of sp³-hybridized carbons (Fsp3) is 0.0370. The molecule has 0 heterocycles. The van der Waals surface area contributed by atoms with Crippen molar-refractivity contribution >= 4 is 86.2 Å². The van der Waals surface area contributed by atoms with E-state index in [1.165, 1.54) is 131 Å². The zero-order valence-corrected chi connectivity index (χ0v) is 30.2. The van der Waals surface area contributed by atoms with Gasteiger partial charge in [0.2, 0.25) is 0 Å². The summed E-state index contributed by atoms with van der Waals surface area (Å²) in [6.07, 6.45) is 0. The molecule has 250 valence electrons. The standard InChI is InChI=1S/C54H34/c1-31-14-11-15-32(2)47(31)36-27-26-35-28-45-51-40(43(35)29-36)23-13-25-42(51)53-48(33-16-5-3-6-17-33)46-30-44-38-21-10-9-20-37(38)39-22-12-24-41(50(39)44)52(46)49(54(45)53)34-18-7-4-8-19-34/h3-30H,1-2H3. The first kappa shape index (κ1) is 29.8. The van der Waals surface area contributed by atoms with Crippen LogP contribution in [0.3, 0.4) is 0 Å². The van der Waals surface area contributed by atoms with Crippen molar-refractivity contribution in [1.82, 2.24) is 0 Å². The largest absolute Gasteiger partial charge is 0.0622 e. The maximum Gasteiger partial charge on any atom is -0.000697 e. The van der Waals surface area contributed by atoms with Gasteiger partial charge in [0.1, 0.15) is 0 Å². The smallest absolute Gasteiger partial charge is 0.000697 e. The van der Waals surface area contributed by atoms with Gasteiger partial charge in [0.25, 0.3) is 0 Å². The molecular formula is C54H34.